The fourth-order valence-corrected chi connectivity index (χ4v) is 4.65. The van der Waals surface area contributed by atoms with Crippen LogP contribution in [0.15, 0.2) is 30.3 Å². The predicted molar refractivity (Wildman–Crippen MR) is 108 cm³/mol. The van der Waals surface area contributed by atoms with Crippen molar-refractivity contribution in [2.75, 3.05) is 31.1 Å². The highest BCUT2D eigenvalue weighted by molar-refractivity contribution is 5.87. The van der Waals surface area contributed by atoms with E-state index in [9.17, 15) is 4.79 Å². The third-order valence-electron chi connectivity index (χ3n) is 6.24. The maximum absolute atomic E-state index is 11.6. The summed E-state index contributed by atoms with van der Waals surface area (Å²) in [4.78, 5) is 15.8. The van der Waals surface area contributed by atoms with Gasteiger partial charge in [0.05, 0.1) is 6.54 Å². The molecule has 1 saturated carbocycles. The van der Waals surface area contributed by atoms with Crippen molar-refractivity contribution in [3.8, 4) is 11.6 Å². The van der Waals surface area contributed by atoms with Crippen molar-refractivity contribution >= 4 is 11.9 Å². The van der Waals surface area contributed by atoms with Crippen LogP contribution in [0.25, 0.3) is 0 Å². The zero-order valence-electron chi connectivity index (χ0n) is 16.5. The van der Waals surface area contributed by atoms with Crippen LogP contribution in [0.3, 0.4) is 0 Å². The average Bonchev–Trinajstić information content (AvgIpc) is 3.37. The summed E-state index contributed by atoms with van der Waals surface area (Å²) in [6.07, 6.45) is 7.25. The number of hydrogen-bond acceptors (Lipinski definition) is 6. The topological polar surface area (TPSA) is 67.8 Å². The van der Waals surface area contributed by atoms with Gasteiger partial charge in [0.2, 0.25) is 5.88 Å². The number of amides is 1. The largest absolute Gasteiger partial charge is 0.447 e. The first-order valence-electron chi connectivity index (χ1n) is 10.6. The van der Waals surface area contributed by atoms with E-state index in [0.29, 0.717) is 24.8 Å². The molecule has 0 bridgehead atoms. The van der Waals surface area contributed by atoms with Gasteiger partial charge in [0.1, 0.15) is 12.4 Å². The van der Waals surface area contributed by atoms with E-state index in [1.165, 1.54) is 41.7 Å². The van der Waals surface area contributed by atoms with Gasteiger partial charge in [-0.2, -0.15) is 0 Å². The molecule has 3 aliphatic rings. The van der Waals surface area contributed by atoms with Crippen LogP contribution in [-0.2, 0) is 17.6 Å². The summed E-state index contributed by atoms with van der Waals surface area (Å²) in [5.74, 6) is 1.68. The molecule has 0 spiro atoms. The van der Waals surface area contributed by atoms with Crippen LogP contribution in [0.5, 0.6) is 11.6 Å². The van der Waals surface area contributed by atoms with Gasteiger partial charge >= 0.3 is 6.09 Å². The number of carbonyl (C=O) groups is 1. The average molecular weight is 394 g/mol. The first kappa shape index (κ1) is 18.4. The third kappa shape index (κ3) is 3.92. The molecule has 0 N–H and O–H groups in total. The Bertz CT molecular complexity index is 880. The van der Waals surface area contributed by atoms with Gasteiger partial charge in [-0.05, 0) is 55.0 Å². The van der Waals surface area contributed by atoms with Crippen LogP contribution in [0, 0.1) is 0 Å². The Morgan fingerprint density at radius 3 is 2.52 bits per heavy atom. The molecule has 7 heteroatoms. The Hall–Kier alpha value is -2.67. The Balaban J connectivity index is 1.25. The van der Waals surface area contributed by atoms with E-state index in [4.69, 9.17) is 9.47 Å². The van der Waals surface area contributed by atoms with Crippen LogP contribution < -0.4 is 9.64 Å². The second-order valence-electron chi connectivity index (χ2n) is 8.00. The molecule has 2 aliphatic heterocycles. The van der Waals surface area contributed by atoms with Gasteiger partial charge in [0, 0.05) is 25.2 Å². The molecule has 7 nitrogen and oxygen atoms in total. The summed E-state index contributed by atoms with van der Waals surface area (Å²) in [6, 6.07) is 10.6. The summed E-state index contributed by atoms with van der Waals surface area (Å²) in [5, 5.41) is 8.23. The van der Waals surface area contributed by atoms with Crippen LogP contribution in [-0.4, -0.2) is 53.5 Å². The number of cyclic esters (lactones) is 1. The van der Waals surface area contributed by atoms with Gasteiger partial charge in [-0.15, -0.1) is 10.2 Å². The molecule has 2 aromatic rings. The third-order valence-corrected chi connectivity index (χ3v) is 6.24. The maximum Gasteiger partial charge on any atom is 0.415 e. The molecule has 1 saturated heterocycles. The number of carbonyl (C=O) groups excluding carboxylic acids is 1. The minimum absolute atomic E-state index is 0.381. The standard InChI is InChI=1S/C22H26N4O3/c27-22-26(13-14-28-22)20-7-8-21(24-23-20)29-19-6-5-16-9-11-25(12-10-17(16)15-19)18-3-1-2-4-18/h5-8,15,18H,1-4,9-14H2. The number of hydrogen-bond donors (Lipinski definition) is 0. The molecule has 0 atom stereocenters. The quantitative estimate of drug-likeness (QED) is 0.790. The van der Waals surface area contributed by atoms with Gasteiger partial charge in [-0.3, -0.25) is 9.80 Å². The summed E-state index contributed by atoms with van der Waals surface area (Å²) in [5.41, 5.74) is 2.79. The van der Waals surface area contributed by atoms with E-state index in [-0.39, 0.29) is 6.09 Å². The van der Waals surface area contributed by atoms with Crippen molar-refractivity contribution in [3.63, 3.8) is 0 Å². The number of rotatable bonds is 4. The van der Waals surface area contributed by atoms with E-state index in [1.54, 1.807) is 12.1 Å². The van der Waals surface area contributed by atoms with Crippen LogP contribution in [0.4, 0.5) is 10.6 Å². The van der Waals surface area contributed by atoms with E-state index in [1.807, 2.05) is 6.07 Å². The lowest BCUT2D eigenvalue weighted by Crippen LogP contribution is -2.35. The van der Waals surface area contributed by atoms with E-state index < -0.39 is 0 Å². The lowest BCUT2D eigenvalue weighted by molar-refractivity contribution is 0.181. The number of aromatic nitrogens is 2. The van der Waals surface area contributed by atoms with Crippen molar-refractivity contribution in [3.05, 3.63) is 41.5 Å². The van der Waals surface area contributed by atoms with Crippen molar-refractivity contribution in [2.45, 2.75) is 44.6 Å². The van der Waals surface area contributed by atoms with Crippen LogP contribution in [0.1, 0.15) is 36.8 Å². The summed E-state index contributed by atoms with van der Waals surface area (Å²) in [7, 11) is 0. The molecule has 152 valence electrons. The number of anilines is 1. The van der Waals surface area contributed by atoms with Gasteiger partial charge in [-0.1, -0.05) is 18.9 Å². The number of fused-ring (bicyclic) bond motifs is 1. The molecule has 1 aliphatic carbocycles. The number of ether oxygens (including phenoxy) is 2. The van der Waals surface area contributed by atoms with Gasteiger partial charge < -0.3 is 9.47 Å². The van der Waals surface area contributed by atoms with Crippen molar-refractivity contribution in [1.82, 2.24) is 15.1 Å². The molecular weight excluding hydrogens is 368 g/mol. The zero-order chi connectivity index (χ0) is 19.6. The first-order valence-corrected chi connectivity index (χ1v) is 10.6. The molecule has 1 aromatic heterocycles. The summed E-state index contributed by atoms with van der Waals surface area (Å²) in [6.45, 7) is 3.16. The Kier molecular flexibility index (Phi) is 5.06. The molecule has 0 radical (unpaired) electrons. The minimum atomic E-state index is -0.384. The van der Waals surface area contributed by atoms with Crippen LogP contribution >= 0.6 is 0 Å². The minimum Gasteiger partial charge on any atom is -0.447 e. The molecule has 5 rings (SSSR count). The van der Waals surface area contributed by atoms with Gasteiger partial charge in [0.15, 0.2) is 5.82 Å². The summed E-state index contributed by atoms with van der Waals surface area (Å²) < 4.78 is 10.9. The molecule has 2 fully saturated rings. The van der Waals surface area contributed by atoms with Crippen molar-refractivity contribution < 1.29 is 14.3 Å². The first-order chi connectivity index (χ1) is 14.3. The fourth-order valence-electron chi connectivity index (χ4n) is 4.65. The highest BCUT2D eigenvalue weighted by Gasteiger charge is 2.26. The van der Waals surface area contributed by atoms with E-state index >= 15 is 0 Å². The van der Waals surface area contributed by atoms with Crippen molar-refractivity contribution in [1.29, 1.82) is 0 Å². The second kappa shape index (κ2) is 7.99. The monoisotopic (exact) mass is 394 g/mol. The van der Waals surface area contributed by atoms with E-state index in [0.717, 1.165) is 37.7 Å². The van der Waals surface area contributed by atoms with E-state index in [2.05, 4.69) is 27.2 Å². The zero-order valence-corrected chi connectivity index (χ0v) is 16.5. The Morgan fingerprint density at radius 2 is 1.79 bits per heavy atom. The predicted octanol–water partition coefficient (Wildman–Crippen LogP) is 3.57. The molecule has 29 heavy (non-hydrogen) atoms. The Labute approximate surface area is 170 Å². The maximum atomic E-state index is 11.6. The fraction of sp³-hybridized carbons (Fsp3) is 0.500. The lowest BCUT2D eigenvalue weighted by Gasteiger charge is -2.26. The molecule has 0 unspecified atom stereocenters. The second-order valence-corrected chi connectivity index (χ2v) is 8.00. The smallest absolute Gasteiger partial charge is 0.415 e. The lowest BCUT2D eigenvalue weighted by atomic mass is 10.0. The van der Waals surface area contributed by atoms with Crippen LogP contribution in [0.2, 0.25) is 0 Å². The summed E-state index contributed by atoms with van der Waals surface area (Å²) >= 11 is 0. The molecule has 1 amide bonds. The highest BCUT2D eigenvalue weighted by atomic mass is 16.6. The van der Waals surface area contributed by atoms with Gasteiger partial charge in [0.25, 0.3) is 0 Å². The Morgan fingerprint density at radius 1 is 0.966 bits per heavy atom. The van der Waals surface area contributed by atoms with Crippen molar-refractivity contribution in [2.24, 2.45) is 0 Å². The van der Waals surface area contributed by atoms with Gasteiger partial charge in [-0.25, -0.2) is 4.79 Å². The molecule has 1 aromatic carbocycles. The highest BCUT2D eigenvalue weighted by Crippen LogP contribution is 2.29. The SMILES string of the molecule is O=C1OCCN1c1ccc(Oc2ccc3c(c2)CCN(C2CCCC2)CC3)nn1. The number of nitrogens with zero attached hydrogens (tertiary/aromatic N) is 4. The molecule has 3 heterocycles. The number of benzene rings is 1. The molecular formula is C22H26N4O3. The normalized spacial score (nSPS) is 20.4.